The predicted molar refractivity (Wildman–Crippen MR) is 111 cm³/mol. The molecule has 2 aromatic heterocycles. The molecule has 0 aliphatic heterocycles. The van der Waals surface area contributed by atoms with Crippen molar-refractivity contribution < 1.29 is 18.7 Å². The van der Waals surface area contributed by atoms with Gasteiger partial charge in [0, 0.05) is 36.0 Å². The number of nitrogens with two attached hydrogens (primary N) is 1. The van der Waals surface area contributed by atoms with Gasteiger partial charge < -0.3 is 20.8 Å². The molecule has 0 saturated heterocycles. The number of halogens is 1. The predicted octanol–water partition coefficient (Wildman–Crippen LogP) is 3.85. The Balaban J connectivity index is 1.87. The van der Waals surface area contributed by atoms with Gasteiger partial charge in [0.1, 0.15) is 11.6 Å². The molecule has 0 bridgehead atoms. The van der Waals surface area contributed by atoms with E-state index in [1.807, 2.05) is 0 Å². The minimum atomic E-state index is -0.964. The van der Waals surface area contributed by atoms with E-state index in [9.17, 15) is 14.0 Å². The van der Waals surface area contributed by atoms with Crippen molar-refractivity contribution in [2.75, 3.05) is 18.2 Å². The lowest BCUT2D eigenvalue weighted by Gasteiger charge is -2.29. The first-order chi connectivity index (χ1) is 14.3. The number of ketones is 1. The van der Waals surface area contributed by atoms with Gasteiger partial charge in [-0.2, -0.15) is 0 Å². The maximum absolute atomic E-state index is 13.7. The number of hydrogen-bond donors (Lipinski definition) is 3. The standard InChI is InChI=1S/C22H21FN4O3/c1-22(21(29)30-2)10-15-18(16(28)11-22)20(26-14-5-3-4-13(23)9-14)19(27-15)12-6-7-25-17(24)8-12/h3-9,26-27H,10-11H2,1-2H3,(H2,24,25)/t22-/m0/s1. The molecule has 0 spiro atoms. The quantitative estimate of drug-likeness (QED) is 0.566. The molecule has 8 heteroatoms. The van der Waals surface area contributed by atoms with Crippen molar-refractivity contribution in [3.05, 3.63) is 59.7 Å². The van der Waals surface area contributed by atoms with Crippen LogP contribution in [0.1, 0.15) is 29.4 Å². The highest BCUT2D eigenvalue weighted by Crippen LogP contribution is 2.44. The highest BCUT2D eigenvalue weighted by Gasteiger charge is 2.44. The number of nitrogens with zero attached hydrogens (tertiary/aromatic N) is 1. The molecular formula is C22H21FN4O3. The van der Waals surface area contributed by atoms with E-state index in [0.717, 1.165) is 0 Å². The average molecular weight is 408 g/mol. The molecule has 1 aliphatic rings. The lowest BCUT2D eigenvalue weighted by atomic mass is 9.74. The van der Waals surface area contributed by atoms with Crippen LogP contribution in [0.5, 0.6) is 0 Å². The van der Waals surface area contributed by atoms with Crippen molar-refractivity contribution in [1.82, 2.24) is 9.97 Å². The van der Waals surface area contributed by atoms with E-state index >= 15 is 0 Å². The third-order valence-corrected chi connectivity index (χ3v) is 5.32. The largest absolute Gasteiger partial charge is 0.469 e. The number of hydrogen-bond acceptors (Lipinski definition) is 6. The van der Waals surface area contributed by atoms with Crippen molar-refractivity contribution in [3.8, 4) is 11.3 Å². The molecule has 0 saturated carbocycles. The van der Waals surface area contributed by atoms with Crippen LogP contribution in [0.2, 0.25) is 0 Å². The molecule has 1 atom stereocenters. The monoisotopic (exact) mass is 408 g/mol. The zero-order valence-electron chi connectivity index (χ0n) is 16.6. The fourth-order valence-corrected chi connectivity index (χ4v) is 3.93. The summed E-state index contributed by atoms with van der Waals surface area (Å²) in [6.07, 6.45) is 1.89. The molecule has 0 fully saturated rings. The Kier molecular flexibility index (Phi) is 4.77. The summed E-state index contributed by atoms with van der Waals surface area (Å²) in [5, 5.41) is 3.17. The number of aromatic amines is 1. The highest BCUT2D eigenvalue weighted by atomic mass is 19.1. The van der Waals surface area contributed by atoms with Gasteiger partial charge >= 0.3 is 5.97 Å². The molecule has 30 heavy (non-hydrogen) atoms. The molecule has 1 aliphatic carbocycles. The van der Waals surface area contributed by atoms with Crippen LogP contribution in [0.15, 0.2) is 42.6 Å². The Morgan fingerprint density at radius 2 is 2.10 bits per heavy atom. The molecule has 7 nitrogen and oxygen atoms in total. The zero-order chi connectivity index (χ0) is 21.5. The molecule has 3 aromatic rings. The van der Waals surface area contributed by atoms with E-state index in [1.54, 1.807) is 37.4 Å². The molecule has 4 rings (SSSR count). The minimum Gasteiger partial charge on any atom is -0.469 e. The fourth-order valence-electron chi connectivity index (χ4n) is 3.93. The van der Waals surface area contributed by atoms with Gasteiger partial charge in [0.25, 0.3) is 0 Å². The number of H-pyrrole nitrogens is 1. The Labute approximate surface area is 172 Å². The van der Waals surface area contributed by atoms with Crippen LogP contribution in [0.3, 0.4) is 0 Å². The fraction of sp³-hybridized carbons (Fsp3) is 0.227. The summed E-state index contributed by atoms with van der Waals surface area (Å²) < 4.78 is 18.6. The first kappa shape index (κ1) is 19.6. The summed E-state index contributed by atoms with van der Waals surface area (Å²) in [4.78, 5) is 32.7. The number of ether oxygens (including phenoxy) is 1. The maximum atomic E-state index is 13.7. The molecule has 0 radical (unpaired) electrons. The normalized spacial score (nSPS) is 18.0. The highest BCUT2D eigenvalue weighted by molar-refractivity contribution is 6.09. The molecule has 0 amide bonds. The number of pyridine rings is 1. The van der Waals surface area contributed by atoms with Crippen molar-refractivity contribution in [1.29, 1.82) is 0 Å². The Morgan fingerprint density at radius 3 is 2.80 bits per heavy atom. The first-order valence-corrected chi connectivity index (χ1v) is 9.42. The second-order valence-electron chi connectivity index (χ2n) is 7.66. The average Bonchev–Trinajstić information content (AvgIpc) is 3.05. The van der Waals surface area contributed by atoms with Crippen LogP contribution >= 0.6 is 0 Å². The molecular weight excluding hydrogens is 387 g/mol. The third-order valence-electron chi connectivity index (χ3n) is 5.32. The number of carbonyl (C=O) groups is 2. The minimum absolute atomic E-state index is 0.0142. The lowest BCUT2D eigenvalue weighted by Crippen LogP contribution is -2.37. The van der Waals surface area contributed by atoms with E-state index in [-0.39, 0.29) is 12.2 Å². The summed E-state index contributed by atoms with van der Waals surface area (Å²) in [6, 6.07) is 9.41. The van der Waals surface area contributed by atoms with Crippen LogP contribution in [0, 0.1) is 11.2 Å². The number of aromatic nitrogens is 2. The number of rotatable bonds is 4. The van der Waals surface area contributed by atoms with Gasteiger partial charge in [0.15, 0.2) is 5.78 Å². The van der Waals surface area contributed by atoms with Crippen molar-refractivity contribution in [2.45, 2.75) is 19.8 Å². The van der Waals surface area contributed by atoms with Gasteiger partial charge in [0.05, 0.1) is 29.5 Å². The second-order valence-corrected chi connectivity index (χ2v) is 7.66. The molecule has 0 unspecified atom stereocenters. The maximum Gasteiger partial charge on any atom is 0.312 e. The van der Waals surface area contributed by atoms with Crippen LogP contribution in [-0.2, 0) is 16.0 Å². The van der Waals surface area contributed by atoms with Gasteiger partial charge in [-0.05, 0) is 37.3 Å². The molecule has 4 N–H and O–H groups in total. The van der Waals surface area contributed by atoms with Crippen LogP contribution in [-0.4, -0.2) is 28.8 Å². The van der Waals surface area contributed by atoms with Crippen molar-refractivity contribution in [2.24, 2.45) is 5.41 Å². The summed E-state index contributed by atoms with van der Waals surface area (Å²) >= 11 is 0. The number of Topliss-reactive ketones (excluding diaryl/α,β-unsaturated/α-hetero) is 1. The number of anilines is 3. The van der Waals surface area contributed by atoms with Gasteiger partial charge in [-0.15, -0.1) is 0 Å². The number of methoxy groups -OCH3 is 1. The van der Waals surface area contributed by atoms with Gasteiger partial charge in [-0.25, -0.2) is 9.37 Å². The first-order valence-electron chi connectivity index (χ1n) is 9.42. The second kappa shape index (κ2) is 7.29. The molecule has 2 heterocycles. The van der Waals surface area contributed by atoms with Crippen LogP contribution < -0.4 is 11.1 Å². The number of fused-ring (bicyclic) bond motifs is 1. The summed E-state index contributed by atoms with van der Waals surface area (Å²) in [5.41, 5.74) is 8.28. The molecule has 154 valence electrons. The SMILES string of the molecule is COC(=O)[C@]1(C)CC(=O)c2c([nH]c(-c3ccnc(N)c3)c2Nc2cccc(F)c2)C1. The lowest BCUT2D eigenvalue weighted by molar-refractivity contribution is -0.151. The van der Waals surface area contributed by atoms with E-state index in [2.05, 4.69) is 15.3 Å². The van der Waals surface area contributed by atoms with E-state index in [4.69, 9.17) is 10.5 Å². The Hall–Kier alpha value is -3.68. The van der Waals surface area contributed by atoms with E-state index < -0.39 is 17.2 Å². The summed E-state index contributed by atoms with van der Waals surface area (Å²) in [6.45, 7) is 1.71. The van der Waals surface area contributed by atoms with E-state index in [1.165, 1.54) is 19.2 Å². The van der Waals surface area contributed by atoms with Crippen molar-refractivity contribution in [3.63, 3.8) is 0 Å². The summed E-state index contributed by atoms with van der Waals surface area (Å²) in [5.74, 6) is -0.718. The number of nitrogens with one attached hydrogen (secondary N) is 2. The van der Waals surface area contributed by atoms with Crippen LogP contribution in [0.4, 0.5) is 21.6 Å². The van der Waals surface area contributed by atoms with Gasteiger partial charge in [0.2, 0.25) is 0 Å². The number of benzene rings is 1. The van der Waals surface area contributed by atoms with Gasteiger partial charge in [-0.3, -0.25) is 9.59 Å². The van der Waals surface area contributed by atoms with Crippen molar-refractivity contribution >= 4 is 28.9 Å². The topological polar surface area (TPSA) is 110 Å². The van der Waals surface area contributed by atoms with E-state index in [0.29, 0.717) is 46.1 Å². The Bertz CT molecular complexity index is 1160. The van der Waals surface area contributed by atoms with Crippen LogP contribution in [0.25, 0.3) is 11.3 Å². The summed E-state index contributed by atoms with van der Waals surface area (Å²) in [7, 11) is 1.31. The number of nitrogen functional groups attached to an aromatic ring is 1. The Morgan fingerprint density at radius 1 is 1.30 bits per heavy atom. The number of esters is 1. The zero-order valence-corrected chi connectivity index (χ0v) is 16.6. The third kappa shape index (κ3) is 3.41. The molecule has 1 aromatic carbocycles. The smallest absolute Gasteiger partial charge is 0.312 e. The number of carbonyl (C=O) groups excluding carboxylic acids is 2. The van der Waals surface area contributed by atoms with Gasteiger partial charge in [-0.1, -0.05) is 6.07 Å².